The van der Waals surface area contributed by atoms with Crippen LogP contribution in [0.5, 0.6) is 0 Å². The van der Waals surface area contributed by atoms with E-state index in [1.165, 1.54) is 12.8 Å². The predicted molar refractivity (Wildman–Crippen MR) is 88.6 cm³/mol. The average molecular weight is 300 g/mol. The van der Waals surface area contributed by atoms with Gasteiger partial charge in [0.1, 0.15) is 0 Å². The minimum atomic E-state index is -0.343. The number of nitrogens with one attached hydrogen (secondary N) is 1. The minimum Gasteiger partial charge on any atom is -0.389 e. The van der Waals surface area contributed by atoms with Crippen molar-refractivity contribution in [2.45, 2.75) is 52.6 Å². The van der Waals surface area contributed by atoms with Gasteiger partial charge in [0.05, 0.1) is 12.7 Å². The fraction of sp³-hybridized carbons (Fsp3) is 1.00. The maximum atomic E-state index is 10.1. The normalized spacial score (nSPS) is 21.9. The van der Waals surface area contributed by atoms with Crippen LogP contribution in [0.15, 0.2) is 0 Å². The van der Waals surface area contributed by atoms with Gasteiger partial charge < -0.3 is 20.1 Å². The van der Waals surface area contributed by atoms with Crippen LogP contribution in [0.2, 0.25) is 0 Å². The van der Waals surface area contributed by atoms with Crippen LogP contribution in [0.1, 0.15) is 46.5 Å². The number of unbranched alkanes of at least 4 members (excludes halogenated alkanes) is 1. The van der Waals surface area contributed by atoms with Crippen molar-refractivity contribution in [2.24, 2.45) is 11.8 Å². The molecule has 21 heavy (non-hydrogen) atoms. The van der Waals surface area contributed by atoms with E-state index in [0.717, 1.165) is 58.1 Å². The van der Waals surface area contributed by atoms with Gasteiger partial charge >= 0.3 is 0 Å². The lowest BCUT2D eigenvalue weighted by molar-refractivity contribution is 0.00835. The molecular weight excluding hydrogens is 264 g/mol. The third-order valence-corrected chi connectivity index (χ3v) is 4.01. The molecule has 4 nitrogen and oxygen atoms in total. The van der Waals surface area contributed by atoms with Gasteiger partial charge in [0.15, 0.2) is 0 Å². The fourth-order valence-electron chi connectivity index (χ4n) is 2.88. The summed E-state index contributed by atoms with van der Waals surface area (Å²) in [6.07, 6.45) is 4.44. The second-order valence-corrected chi connectivity index (χ2v) is 6.90. The Labute approximate surface area is 131 Å². The molecule has 0 aromatic heterocycles. The quantitative estimate of drug-likeness (QED) is 0.574. The highest BCUT2D eigenvalue weighted by Crippen LogP contribution is 2.16. The summed E-state index contributed by atoms with van der Waals surface area (Å²) in [5.41, 5.74) is 0. The van der Waals surface area contributed by atoms with Crippen LogP contribution < -0.4 is 5.32 Å². The maximum absolute atomic E-state index is 10.1. The summed E-state index contributed by atoms with van der Waals surface area (Å²) < 4.78 is 5.51. The van der Waals surface area contributed by atoms with Crippen molar-refractivity contribution in [1.82, 2.24) is 10.2 Å². The molecule has 2 unspecified atom stereocenters. The van der Waals surface area contributed by atoms with Crippen molar-refractivity contribution >= 4 is 0 Å². The zero-order valence-electron chi connectivity index (χ0n) is 14.3. The zero-order valence-corrected chi connectivity index (χ0v) is 14.3. The molecule has 2 atom stereocenters. The summed E-state index contributed by atoms with van der Waals surface area (Å²) in [4.78, 5) is 2.40. The molecule has 0 amide bonds. The Kier molecular flexibility index (Phi) is 10.3. The number of aliphatic hydroxyl groups excluding tert-OH is 1. The molecule has 4 heteroatoms. The molecular formula is C17H36N2O2. The van der Waals surface area contributed by atoms with Crippen molar-refractivity contribution in [3.8, 4) is 0 Å². The summed E-state index contributed by atoms with van der Waals surface area (Å²) >= 11 is 0. The van der Waals surface area contributed by atoms with Gasteiger partial charge in [0.25, 0.3) is 0 Å². The van der Waals surface area contributed by atoms with E-state index in [-0.39, 0.29) is 6.10 Å². The molecule has 0 radical (unpaired) electrons. The molecule has 1 fully saturated rings. The average Bonchev–Trinajstić information content (AvgIpc) is 2.44. The molecule has 1 rings (SSSR count). The largest absolute Gasteiger partial charge is 0.389 e. The Morgan fingerprint density at radius 1 is 1.38 bits per heavy atom. The highest BCUT2D eigenvalue weighted by Gasteiger charge is 2.21. The van der Waals surface area contributed by atoms with Gasteiger partial charge in [0, 0.05) is 19.7 Å². The van der Waals surface area contributed by atoms with Crippen molar-refractivity contribution in [3.63, 3.8) is 0 Å². The van der Waals surface area contributed by atoms with Gasteiger partial charge in [-0.05, 0) is 50.7 Å². The second kappa shape index (κ2) is 11.4. The lowest BCUT2D eigenvalue weighted by Crippen LogP contribution is -2.44. The van der Waals surface area contributed by atoms with E-state index in [4.69, 9.17) is 4.74 Å². The van der Waals surface area contributed by atoms with E-state index in [1.807, 2.05) is 0 Å². The summed E-state index contributed by atoms with van der Waals surface area (Å²) in [7, 11) is 0. The van der Waals surface area contributed by atoms with Crippen LogP contribution in [-0.4, -0.2) is 62.0 Å². The topological polar surface area (TPSA) is 44.7 Å². The first-order chi connectivity index (χ1) is 10.1. The molecule has 0 spiro atoms. The first-order valence-corrected chi connectivity index (χ1v) is 8.80. The van der Waals surface area contributed by atoms with Gasteiger partial charge in [-0.1, -0.05) is 27.2 Å². The van der Waals surface area contributed by atoms with E-state index in [0.29, 0.717) is 12.5 Å². The van der Waals surface area contributed by atoms with E-state index < -0.39 is 0 Å². The third kappa shape index (κ3) is 9.46. The monoisotopic (exact) mass is 300 g/mol. The Hall–Kier alpha value is -0.160. The van der Waals surface area contributed by atoms with E-state index in [9.17, 15) is 5.11 Å². The van der Waals surface area contributed by atoms with E-state index in [1.54, 1.807) is 0 Å². The van der Waals surface area contributed by atoms with E-state index >= 15 is 0 Å². The lowest BCUT2D eigenvalue weighted by atomic mass is 9.97. The standard InChI is InChI=1S/C17H36N2O2/c1-4-5-9-21-14-17(20)13-19-8-6-7-16(12-19)11-18-10-15(2)3/h15-18,20H,4-14H2,1-3H3. The van der Waals surface area contributed by atoms with Gasteiger partial charge in [-0.25, -0.2) is 0 Å². The number of likely N-dealkylation sites (tertiary alicyclic amines) is 1. The molecule has 1 saturated heterocycles. The number of nitrogens with zero attached hydrogens (tertiary/aromatic N) is 1. The van der Waals surface area contributed by atoms with Crippen molar-refractivity contribution in [3.05, 3.63) is 0 Å². The number of ether oxygens (including phenoxy) is 1. The number of rotatable bonds is 11. The number of β-amino-alcohol motifs (C(OH)–C–C–N with tert-alkyl or cyclic N) is 1. The summed E-state index contributed by atoms with van der Waals surface area (Å²) in [6, 6.07) is 0. The Morgan fingerprint density at radius 2 is 2.19 bits per heavy atom. The van der Waals surface area contributed by atoms with Gasteiger partial charge in [0.2, 0.25) is 0 Å². The van der Waals surface area contributed by atoms with Crippen molar-refractivity contribution < 1.29 is 9.84 Å². The number of piperidine rings is 1. The summed E-state index contributed by atoms with van der Waals surface area (Å²) in [5, 5.41) is 13.6. The number of aliphatic hydroxyl groups is 1. The molecule has 0 aliphatic carbocycles. The maximum Gasteiger partial charge on any atom is 0.0900 e. The van der Waals surface area contributed by atoms with Crippen LogP contribution in [0, 0.1) is 11.8 Å². The third-order valence-electron chi connectivity index (χ3n) is 4.01. The smallest absolute Gasteiger partial charge is 0.0900 e. The molecule has 0 saturated carbocycles. The van der Waals surface area contributed by atoms with E-state index in [2.05, 4.69) is 31.0 Å². The fourth-order valence-corrected chi connectivity index (χ4v) is 2.88. The van der Waals surface area contributed by atoms with Gasteiger partial charge in [-0.2, -0.15) is 0 Å². The molecule has 0 aromatic carbocycles. The number of hydrogen-bond donors (Lipinski definition) is 2. The zero-order chi connectivity index (χ0) is 15.5. The summed E-state index contributed by atoms with van der Waals surface area (Å²) in [6.45, 7) is 13.1. The molecule has 1 aliphatic rings. The summed E-state index contributed by atoms with van der Waals surface area (Å²) in [5.74, 6) is 1.44. The SMILES string of the molecule is CCCCOCC(O)CN1CCCC(CNCC(C)C)C1. The van der Waals surface area contributed by atoms with Crippen LogP contribution in [0.3, 0.4) is 0 Å². The molecule has 1 aliphatic heterocycles. The van der Waals surface area contributed by atoms with Crippen LogP contribution in [0.25, 0.3) is 0 Å². The highest BCUT2D eigenvalue weighted by atomic mass is 16.5. The first-order valence-electron chi connectivity index (χ1n) is 8.80. The van der Waals surface area contributed by atoms with Crippen molar-refractivity contribution in [1.29, 1.82) is 0 Å². The number of hydrogen-bond acceptors (Lipinski definition) is 4. The second-order valence-electron chi connectivity index (χ2n) is 6.90. The first kappa shape index (κ1) is 18.9. The molecule has 0 aromatic rings. The highest BCUT2D eigenvalue weighted by molar-refractivity contribution is 4.76. The molecule has 126 valence electrons. The molecule has 2 N–H and O–H groups in total. The van der Waals surface area contributed by atoms with Crippen LogP contribution >= 0.6 is 0 Å². The Bertz CT molecular complexity index is 249. The van der Waals surface area contributed by atoms with Crippen LogP contribution in [0.4, 0.5) is 0 Å². The van der Waals surface area contributed by atoms with Crippen molar-refractivity contribution in [2.75, 3.05) is 45.9 Å². The predicted octanol–water partition coefficient (Wildman–Crippen LogP) is 2.12. The lowest BCUT2D eigenvalue weighted by Gasteiger charge is -2.34. The Balaban J connectivity index is 2.13. The minimum absolute atomic E-state index is 0.343. The molecule has 1 heterocycles. The van der Waals surface area contributed by atoms with Crippen LogP contribution in [-0.2, 0) is 4.74 Å². The Morgan fingerprint density at radius 3 is 2.90 bits per heavy atom. The molecule has 0 bridgehead atoms. The van der Waals surface area contributed by atoms with Gasteiger partial charge in [-0.15, -0.1) is 0 Å². The van der Waals surface area contributed by atoms with Gasteiger partial charge in [-0.3, -0.25) is 0 Å².